The van der Waals surface area contributed by atoms with Crippen molar-refractivity contribution in [3.8, 4) is 0 Å². The maximum Gasteiger partial charge on any atom is 0.0273 e. The number of hydrogen-bond acceptors (Lipinski definition) is 1. The van der Waals surface area contributed by atoms with Crippen LogP contribution in [0.25, 0.3) is 0 Å². The molecule has 1 aliphatic heterocycles. The highest BCUT2D eigenvalue weighted by molar-refractivity contribution is 5.09. The first kappa shape index (κ1) is 6.81. The fourth-order valence-corrected chi connectivity index (χ4v) is 1.21. The molecule has 0 saturated heterocycles. The van der Waals surface area contributed by atoms with Crippen molar-refractivity contribution in [2.75, 3.05) is 13.6 Å². The van der Waals surface area contributed by atoms with Gasteiger partial charge in [0.25, 0.3) is 0 Å². The van der Waals surface area contributed by atoms with Crippen molar-refractivity contribution in [2.45, 2.75) is 26.3 Å². The molecule has 0 saturated carbocycles. The summed E-state index contributed by atoms with van der Waals surface area (Å²) in [6.07, 6.45) is 3.57. The van der Waals surface area contributed by atoms with E-state index in [9.17, 15) is 0 Å². The topological polar surface area (TPSA) is 3.24 Å². The Kier molecular flexibility index (Phi) is 1.91. The minimum atomic E-state index is 0.666. The van der Waals surface area contributed by atoms with Crippen molar-refractivity contribution in [3.63, 3.8) is 0 Å². The third-order valence-electron chi connectivity index (χ3n) is 2.27. The molecule has 0 unspecified atom stereocenters. The number of rotatable bonds is 0. The Balaban J connectivity index is 2.62. The molecule has 0 aromatic rings. The van der Waals surface area contributed by atoms with Gasteiger partial charge in [0.1, 0.15) is 0 Å². The molecule has 52 valence electrons. The molecule has 0 bridgehead atoms. The van der Waals surface area contributed by atoms with E-state index in [0.717, 1.165) is 0 Å². The van der Waals surface area contributed by atoms with Crippen LogP contribution in [0.2, 0.25) is 0 Å². The summed E-state index contributed by atoms with van der Waals surface area (Å²) in [4.78, 5) is 2.38. The molecule has 1 atom stereocenters. The maximum atomic E-state index is 2.38. The lowest BCUT2D eigenvalue weighted by molar-refractivity contribution is 0.278. The zero-order chi connectivity index (χ0) is 6.85. The average molecular weight is 125 g/mol. The highest BCUT2D eigenvalue weighted by atomic mass is 15.1. The van der Waals surface area contributed by atoms with Crippen molar-refractivity contribution in [3.05, 3.63) is 11.6 Å². The van der Waals surface area contributed by atoms with Crippen LogP contribution in [-0.2, 0) is 0 Å². The normalized spacial score (nSPS) is 30.1. The van der Waals surface area contributed by atoms with Gasteiger partial charge in [0.05, 0.1) is 0 Å². The molecule has 1 heterocycles. The third-order valence-corrected chi connectivity index (χ3v) is 2.27. The lowest BCUT2D eigenvalue weighted by Crippen LogP contribution is -2.33. The number of likely N-dealkylation sites (N-methyl/N-ethyl adjacent to an activating group) is 1. The Morgan fingerprint density at radius 3 is 2.78 bits per heavy atom. The van der Waals surface area contributed by atoms with Crippen LogP contribution >= 0.6 is 0 Å². The van der Waals surface area contributed by atoms with Gasteiger partial charge < -0.3 is 0 Å². The van der Waals surface area contributed by atoms with Crippen LogP contribution in [0.5, 0.6) is 0 Å². The summed E-state index contributed by atoms with van der Waals surface area (Å²) in [6.45, 7) is 5.68. The van der Waals surface area contributed by atoms with E-state index in [1.165, 1.54) is 18.5 Å². The van der Waals surface area contributed by atoms with E-state index in [2.05, 4.69) is 31.9 Å². The standard InChI is InChI=1S/C8H15N/c1-7-5-4-6-9(3)8(7)2/h5,8H,4,6H2,1-3H3/t8-/m1/s1. The SMILES string of the molecule is CC1=CCCN(C)[C@@H]1C. The van der Waals surface area contributed by atoms with E-state index in [-0.39, 0.29) is 0 Å². The summed E-state index contributed by atoms with van der Waals surface area (Å²) in [6, 6.07) is 0.666. The summed E-state index contributed by atoms with van der Waals surface area (Å²) in [7, 11) is 2.18. The van der Waals surface area contributed by atoms with Gasteiger partial charge >= 0.3 is 0 Å². The molecule has 1 nitrogen and oxygen atoms in total. The molecule has 0 amide bonds. The summed E-state index contributed by atoms with van der Waals surface area (Å²) >= 11 is 0. The fraction of sp³-hybridized carbons (Fsp3) is 0.750. The van der Waals surface area contributed by atoms with Gasteiger partial charge in [-0.2, -0.15) is 0 Å². The molecule has 1 rings (SSSR count). The number of hydrogen-bond donors (Lipinski definition) is 0. The van der Waals surface area contributed by atoms with Gasteiger partial charge in [0.15, 0.2) is 0 Å². The second-order valence-corrected chi connectivity index (χ2v) is 2.89. The third kappa shape index (κ3) is 1.33. The van der Waals surface area contributed by atoms with Crippen LogP contribution in [0.4, 0.5) is 0 Å². The van der Waals surface area contributed by atoms with E-state index in [0.29, 0.717) is 6.04 Å². The summed E-state index contributed by atoms with van der Waals surface area (Å²) in [5.41, 5.74) is 1.52. The second-order valence-electron chi connectivity index (χ2n) is 2.89. The van der Waals surface area contributed by atoms with Crippen molar-refractivity contribution >= 4 is 0 Å². The molecule has 1 aliphatic rings. The van der Waals surface area contributed by atoms with Gasteiger partial charge in [-0.15, -0.1) is 0 Å². The van der Waals surface area contributed by atoms with E-state index in [4.69, 9.17) is 0 Å². The second kappa shape index (κ2) is 2.53. The van der Waals surface area contributed by atoms with E-state index >= 15 is 0 Å². The molecule has 0 aromatic heterocycles. The summed E-state index contributed by atoms with van der Waals surface area (Å²) in [5.74, 6) is 0. The highest BCUT2D eigenvalue weighted by Crippen LogP contribution is 2.13. The van der Waals surface area contributed by atoms with Crippen LogP contribution in [0, 0.1) is 0 Å². The Hall–Kier alpha value is -0.300. The van der Waals surface area contributed by atoms with Gasteiger partial charge in [-0.3, -0.25) is 4.90 Å². The summed E-state index contributed by atoms with van der Waals surface area (Å²) in [5, 5.41) is 0. The molecule has 1 heteroatoms. The molecule has 9 heavy (non-hydrogen) atoms. The van der Waals surface area contributed by atoms with Crippen molar-refractivity contribution < 1.29 is 0 Å². The van der Waals surface area contributed by atoms with Crippen LogP contribution in [-0.4, -0.2) is 24.5 Å². The Bertz CT molecular complexity index is 127. The average Bonchev–Trinajstić information content (AvgIpc) is 1.83. The lowest BCUT2D eigenvalue weighted by atomic mass is 10.0. The van der Waals surface area contributed by atoms with Crippen LogP contribution < -0.4 is 0 Å². The largest absolute Gasteiger partial charge is 0.300 e. The first-order valence-corrected chi connectivity index (χ1v) is 3.58. The molecule has 0 spiro atoms. The van der Waals surface area contributed by atoms with Crippen molar-refractivity contribution in [2.24, 2.45) is 0 Å². The Morgan fingerprint density at radius 2 is 2.33 bits per heavy atom. The van der Waals surface area contributed by atoms with Gasteiger partial charge in [0.2, 0.25) is 0 Å². The molecule has 0 N–H and O–H groups in total. The smallest absolute Gasteiger partial charge is 0.0273 e. The highest BCUT2D eigenvalue weighted by Gasteiger charge is 2.13. The molecule has 0 aromatic carbocycles. The lowest BCUT2D eigenvalue weighted by Gasteiger charge is -2.28. The monoisotopic (exact) mass is 125 g/mol. The van der Waals surface area contributed by atoms with Crippen LogP contribution in [0.15, 0.2) is 11.6 Å². The summed E-state index contributed by atoms with van der Waals surface area (Å²) < 4.78 is 0. The minimum absolute atomic E-state index is 0.666. The first-order valence-electron chi connectivity index (χ1n) is 3.58. The molecular formula is C8H15N. The van der Waals surface area contributed by atoms with Gasteiger partial charge in [0, 0.05) is 12.6 Å². The van der Waals surface area contributed by atoms with E-state index in [1.807, 2.05) is 0 Å². The predicted molar refractivity (Wildman–Crippen MR) is 40.5 cm³/mol. The fourth-order valence-electron chi connectivity index (χ4n) is 1.21. The molecule has 0 radical (unpaired) electrons. The van der Waals surface area contributed by atoms with Crippen LogP contribution in [0.1, 0.15) is 20.3 Å². The zero-order valence-electron chi connectivity index (χ0n) is 6.52. The minimum Gasteiger partial charge on any atom is -0.300 e. The van der Waals surface area contributed by atoms with Crippen molar-refractivity contribution in [1.29, 1.82) is 0 Å². The van der Waals surface area contributed by atoms with Gasteiger partial charge in [-0.05, 0) is 27.3 Å². The zero-order valence-corrected chi connectivity index (χ0v) is 6.52. The van der Waals surface area contributed by atoms with Gasteiger partial charge in [-0.1, -0.05) is 11.6 Å². The molecular weight excluding hydrogens is 110 g/mol. The van der Waals surface area contributed by atoms with Crippen LogP contribution in [0.3, 0.4) is 0 Å². The van der Waals surface area contributed by atoms with E-state index < -0.39 is 0 Å². The first-order chi connectivity index (χ1) is 4.22. The van der Waals surface area contributed by atoms with E-state index in [1.54, 1.807) is 0 Å². The molecule has 0 aliphatic carbocycles. The quantitative estimate of drug-likeness (QED) is 0.445. The Morgan fingerprint density at radius 1 is 1.67 bits per heavy atom. The van der Waals surface area contributed by atoms with Crippen molar-refractivity contribution in [1.82, 2.24) is 4.90 Å². The maximum absolute atomic E-state index is 2.38. The number of nitrogens with zero attached hydrogens (tertiary/aromatic N) is 1. The molecule has 0 fully saturated rings. The van der Waals surface area contributed by atoms with Gasteiger partial charge in [-0.25, -0.2) is 0 Å². The predicted octanol–water partition coefficient (Wildman–Crippen LogP) is 1.66. The Labute approximate surface area is 57.4 Å².